The van der Waals surface area contributed by atoms with Gasteiger partial charge in [0.15, 0.2) is 5.11 Å². The predicted octanol–water partition coefficient (Wildman–Crippen LogP) is 2.56. The highest BCUT2D eigenvalue weighted by atomic mass is 32.2. The summed E-state index contributed by atoms with van der Waals surface area (Å²) in [5, 5.41) is 6.81. The van der Waals surface area contributed by atoms with E-state index in [1.54, 1.807) is 18.2 Å². The lowest BCUT2D eigenvalue weighted by Crippen LogP contribution is -2.44. The molecular formula is C14H23N3O2S2. The molecule has 0 saturated heterocycles. The van der Waals surface area contributed by atoms with Gasteiger partial charge in [-0.15, -0.1) is 0 Å². The molecule has 0 atom stereocenters. The minimum atomic E-state index is -3.28. The fourth-order valence-corrected chi connectivity index (χ4v) is 2.42. The van der Waals surface area contributed by atoms with Gasteiger partial charge in [0.2, 0.25) is 10.0 Å². The fraction of sp³-hybridized carbons (Fsp3) is 0.500. The number of benzene rings is 1. The molecule has 1 rings (SSSR count). The van der Waals surface area contributed by atoms with E-state index in [0.29, 0.717) is 10.8 Å². The zero-order chi connectivity index (χ0) is 16.3. The van der Waals surface area contributed by atoms with Gasteiger partial charge in [-0.1, -0.05) is 13.0 Å². The molecule has 0 amide bonds. The third-order valence-electron chi connectivity index (χ3n) is 3.30. The second-order valence-corrected chi connectivity index (χ2v) is 8.02. The van der Waals surface area contributed by atoms with E-state index in [4.69, 9.17) is 12.2 Å². The zero-order valence-electron chi connectivity index (χ0n) is 13.1. The molecule has 21 heavy (non-hydrogen) atoms. The van der Waals surface area contributed by atoms with Crippen molar-refractivity contribution in [3.63, 3.8) is 0 Å². The van der Waals surface area contributed by atoms with Crippen molar-refractivity contribution < 1.29 is 8.42 Å². The van der Waals surface area contributed by atoms with Crippen molar-refractivity contribution in [3.05, 3.63) is 24.3 Å². The molecule has 0 aromatic heterocycles. The van der Waals surface area contributed by atoms with Crippen molar-refractivity contribution in [3.8, 4) is 0 Å². The largest absolute Gasteiger partial charge is 0.358 e. The minimum Gasteiger partial charge on any atom is -0.358 e. The highest BCUT2D eigenvalue weighted by Crippen LogP contribution is 2.20. The Labute approximate surface area is 132 Å². The monoisotopic (exact) mass is 329 g/mol. The van der Waals surface area contributed by atoms with Gasteiger partial charge in [0.25, 0.3) is 0 Å². The Balaban J connectivity index is 2.85. The summed E-state index contributed by atoms with van der Waals surface area (Å²) >= 11 is 5.28. The molecule has 0 aliphatic rings. The van der Waals surface area contributed by atoms with Crippen LogP contribution in [0.5, 0.6) is 0 Å². The molecule has 0 saturated carbocycles. The van der Waals surface area contributed by atoms with Crippen LogP contribution in [-0.4, -0.2) is 32.4 Å². The minimum absolute atomic E-state index is 0.0920. The van der Waals surface area contributed by atoms with Crippen LogP contribution in [-0.2, 0) is 10.0 Å². The van der Waals surface area contributed by atoms with Crippen molar-refractivity contribution >= 4 is 38.7 Å². The van der Waals surface area contributed by atoms with Crippen LogP contribution in [0.4, 0.5) is 11.4 Å². The smallest absolute Gasteiger partial charge is 0.231 e. The lowest BCUT2D eigenvalue weighted by Gasteiger charge is -2.26. The number of thiocarbonyl (C=S) groups is 1. The van der Waals surface area contributed by atoms with Crippen molar-refractivity contribution in [1.82, 2.24) is 5.32 Å². The summed E-state index contributed by atoms with van der Waals surface area (Å²) in [7, 11) is -1.76. The predicted molar refractivity (Wildman–Crippen MR) is 93.4 cm³/mol. The average molecular weight is 329 g/mol. The highest BCUT2D eigenvalue weighted by molar-refractivity contribution is 7.92. The van der Waals surface area contributed by atoms with Gasteiger partial charge in [0.1, 0.15) is 0 Å². The molecule has 118 valence electrons. The second kappa shape index (κ2) is 6.62. The van der Waals surface area contributed by atoms with Crippen molar-refractivity contribution in [2.75, 3.05) is 22.9 Å². The molecular weight excluding hydrogens is 306 g/mol. The third kappa shape index (κ3) is 5.51. The fourth-order valence-electron chi connectivity index (χ4n) is 1.53. The Morgan fingerprint density at radius 3 is 2.52 bits per heavy atom. The molecule has 0 aliphatic heterocycles. The first-order chi connectivity index (χ1) is 9.55. The van der Waals surface area contributed by atoms with Gasteiger partial charge in [-0.2, -0.15) is 0 Å². The molecule has 0 spiro atoms. The molecule has 1 aromatic carbocycles. The van der Waals surface area contributed by atoms with Gasteiger partial charge in [0.05, 0.1) is 11.9 Å². The zero-order valence-corrected chi connectivity index (χ0v) is 14.7. The highest BCUT2D eigenvalue weighted by Gasteiger charge is 2.16. The van der Waals surface area contributed by atoms with Gasteiger partial charge in [-0.05, 0) is 50.7 Å². The van der Waals surface area contributed by atoms with Crippen molar-refractivity contribution in [2.24, 2.45) is 0 Å². The summed E-state index contributed by atoms with van der Waals surface area (Å²) in [6.07, 6.45) is 2.11. The van der Waals surface area contributed by atoms with E-state index in [1.807, 2.05) is 6.07 Å². The summed E-state index contributed by atoms with van der Waals surface area (Å²) < 4.78 is 24.3. The van der Waals surface area contributed by atoms with Crippen LogP contribution >= 0.6 is 12.2 Å². The number of nitrogens with zero attached hydrogens (tertiary/aromatic N) is 1. The van der Waals surface area contributed by atoms with Crippen LogP contribution in [0.1, 0.15) is 27.2 Å². The molecule has 7 heteroatoms. The number of hydrogen-bond acceptors (Lipinski definition) is 3. The lowest BCUT2D eigenvalue weighted by molar-refractivity contribution is 0.448. The lowest BCUT2D eigenvalue weighted by atomic mass is 10.0. The van der Waals surface area contributed by atoms with E-state index in [2.05, 4.69) is 31.4 Å². The van der Waals surface area contributed by atoms with Gasteiger partial charge in [-0.3, -0.25) is 4.31 Å². The SMILES string of the molecule is CCC(C)(C)NC(=S)Nc1cccc(N(C)S(C)(=O)=O)c1. The first kappa shape index (κ1) is 17.7. The Kier molecular flexibility index (Phi) is 5.58. The molecule has 0 bridgehead atoms. The number of hydrogen-bond donors (Lipinski definition) is 2. The first-order valence-electron chi connectivity index (χ1n) is 6.68. The second-order valence-electron chi connectivity index (χ2n) is 5.60. The summed E-state index contributed by atoms with van der Waals surface area (Å²) in [4.78, 5) is 0. The standard InChI is InChI=1S/C14H23N3O2S2/c1-6-14(2,3)16-13(20)15-11-8-7-9-12(10-11)17(4)21(5,18)19/h7-10H,6H2,1-5H3,(H2,15,16,20). The van der Waals surface area contributed by atoms with E-state index < -0.39 is 10.0 Å². The molecule has 1 aromatic rings. The van der Waals surface area contributed by atoms with Crippen LogP contribution in [0.15, 0.2) is 24.3 Å². The number of rotatable bonds is 5. The van der Waals surface area contributed by atoms with Crippen molar-refractivity contribution in [2.45, 2.75) is 32.7 Å². The summed E-state index contributed by atoms with van der Waals surface area (Å²) in [6, 6.07) is 7.10. The first-order valence-corrected chi connectivity index (χ1v) is 8.94. The maximum atomic E-state index is 11.6. The summed E-state index contributed by atoms with van der Waals surface area (Å²) in [5.74, 6) is 0. The van der Waals surface area contributed by atoms with E-state index >= 15 is 0 Å². The Hall–Kier alpha value is -1.34. The number of anilines is 2. The summed E-state index contributed by atoms with van der Waals surface area (Å²) in [6.45, 7) is 6.21. The molecule has 2 N–H and O–H groups in total. The number of nitrogens with one attached hydrogen (secondary N) is 2. The van der Waals surface area contributed by atoms with Gasteiger partial charge < -0.3 is 10.6 Å². The van der Waals surface area contributed by atoms with Crippen LogP contribution in [0, 0.1) is 0 Å². The molecule has 0 aliphatic carbocycles. The normalized spacial score (nSPS) is 11.9. The van der Waals surface area contributed by atoms with Crippen LogP contribution in [0.25, 0.3) is 0 Å². The van der Waals surface area contributed by atoms with Gasteiger partial charge in [0, 0.05) is 18.3 Å². The average Bonchev–Trinajstić information content (AvgIpc) is 2.36. The molecule has 0 radical (unpaired) electrons. The maximum Gasteiger partial charge on any atom is 0.231 e. The third-order valence-corrected chi connectivity index (χ3v) is 4.71. The molecule has 0 unspecified atom stereocenters. The summed E-state index contributed by atoms with van der Waals surface area (Å²) in [5.41, 5.74) is 1.23. The quantitative estimate of drug-likeness (QED) is 0.813. The Morgan fingerprint density at radius 1 is 1.38 bits per heavy atom. The van der Waals surface area contributed by atoms with E-state index in [9.17, 15) is 8.42 Å². The number of sulfonamides is 1. The molecule has 0 heterocycles. The molecule has 5 nitrogen and oxygen atoms in total. The van der Waals surface area contributed by atoms with Crippen LogP contribution in [0.3, 0.4) is 0 Å². The van der Waals surface area contributed by atoms with E-state index in [-0.39, 0.29) is 5.54 Å². The topological polar surface area (TPSA) is 61.4 Å². The Bertz CT molecular complexity index is 612. The van der Waals surface area contributed by atoms with E-state index in [0.717, 1.165) is 12.1 Å². The van der Waals surface area contributed by atoms with Gasteiger partial charge in [-0.25, -0.2) is 8.42 Å². The molecule has 0 fully saturated rings. The van der Waals surface area contributed by atoms with Gasteiger partial charge >= 0.3 is 0 Å². The van der Waals surface area contributed by atoms with Crippen LogP contribution < -0.4 is 14.9 Å². The van der Waals surface area contributed by atoms with Crippen molar-refractivity contribution in [1.29, 1.82) is 0 Å². The van der Waals surface area contributed by atoms with Crippen LogP contribution in [0.2, 0.25) is 0 Å². The Morgan fingerprint density at radius 2 is 2.00 bits per heavy atom. The maximum absolute atomic E-state index is 11.6. The van der Waals surface area contributed by atoms with E-state index in [1.165, 1.54) is 17.6 Å².